The fourth-order valence-corrected chi connectivity index (χ4v) is 4.29. The van der Waals surface area contributed by atoms with Crippen LogP contribution in [0.1, 0.15) is 110 Å². The van der Waals surface area contributed by atoms with E-state index in [9.17, 15) is 4.79 Å². The van der Waals surface area contributed by atoms with E-state index in [1.54, 1.807) is 6.07 Å². The van der Waals surface area contributed by atoms with E-state index in [2.05, 4.69) is 6.92 Å². The molecule has 1 rings (SSSR count). The van der Waals surface area contributed by atoms with Crippen molar-refractivity contribution in [3.63, 3.8) is 0 Å². The van der Waals surface area contributed by atoms with Crippen LogP contribution in [0.3, 0.4) is 0 Å². The molecule has 0 aliphatic heterocycles. The van der Waals surface area contributed by atoms with Crippen LogP contribution in [0.2, 0.25) is 0 Å². The molecular formula is C32H57NO6. The van der Waals surface area contributed by atoms with Crippen molar-refractivity contribution in [2.75, 3.05) is 58.6 Å². The lowest BCUT2D eigenvalue weighted by molar-refractivity contribution is -0.145. The van der Waals surface area contributed by atoms with Crippen LogP contribution in [-0.2, 0) is 23.7 Å². The Morgan fingerprint density at radius 1 is 0.590 bits per heavy atom. The number of carbonyl (C=O) groups is 1. The number of esters is 1. The number of unbranched alkanes of at least 4 members (excludes halogenated alkanes) is 14. The van der Waals surface area contributed by atoms with Crippen molar-refractivity contribution in [2.24, 2.45) is 0 Å². The molecule has 0 fully saturated rings. The quantitative estimate of drug-likeness (QED) is 0.0626. The lowest BCUT2D eigenvalue weighted by Crippen LogP contribution is -2.15. The number of hydrogen-bond donors (Lipinski definition) is 1. The van der Waals surface area contributed by atoms with Gasteiger partial charge in [0.25, 0.3) is 0 Å². The van der Waals surface area contributed by atoms with Crippen molar-refractivity contribution in [1.29, 1.82) is 0 Å². The van der Waals surface area contributed by atoms with Gasteiger partial charge < -0.3 is 29.4 Å². The molecule has 0 saturated heterocycles. The van der Waals surface area contributed by atoms with E-state index < -0.39 is 0 Å². The molecule has 0 aromatic heterocycles. The number of nitrogen functional groups attached to an aromatic ring is 1. The van der Waals surface area contributed by atoms with Gasteiger partial charge in [-0.05, 0) is 18.6 Å². The van der Waals surface area contributed by atoms with Gasteiger partial charge in [-0.3, -0.25) is 4.79 Å². The van der Waals surface area contributed by atoms with Crippen LogP contribution in [0.15, 0.2) is 24.3 Å². The van der Waals surface area contributed by atoms with Crippen LogP contribution < -0.4 is 10.5 Å². The normalized spacial score (nSPS) is 11.1. The SMILES string of the molecule is CCCCCCCCCCCCCCCCCC(=O)OCCOCCOCCOCCOc1ccccc1N. The van der Waals surface area contributed by atoms with Gasteiger partial charge in [-0.25, -0.2) is 0 Å². The van der Waals surface area contributed by atoms with Crippen LogP contribution in [0.4, 0.5) is 5.69 Å². The molecule has 226 valence electrons. The number of hydrogen-bond acceptors (Lipinski definition) is 7. The molecule has 2 N–H and O–H groups in total. The molecule has 0 unspecified atom stereocenters. The predicted molar refractivity (Wildman–Crippen MR) is 159 cm³/mol. The maximum Gasteiger partial charge on any atom is 0.305 e. The summed E-state index contributed by atoms with van der Waals surface area (Å²) in [6.07, 6.45) is 20.3. The third-order valence-corrected chi connectivity index (χ3v) is 6.62. The van der Waals surface area contributed by atoms with Crippen LogP contribution in [-0.4, -0.2) is 58.8 Å². The first kappa shape index (κ1) is 35.2. The average Bonchev–Trinajstić information content (AvgIpc) is 2.94. The zero-order chi connectivity index (χ0) is 28.1. The van der Waals surface area contributed by atoms with Gasteiger partial charge >= 0.3 is 5.97 Å². The Morgan fingerprint density at radius 3 is 1.54 bits per heavy atom. The first-order valence-electron chi connectivity index (χ1n) is 15.6. The summed E-state index contributed by atoms with van der Waals surface area (Å²) in [5.41, 5.74) is 6.44. The third kappa shape index (κ3) is 23.7. The largest absolute Gasteiger partial charge is 0.489 e. The number of para-hydroxylation sites is 2. The van der Waals surface area contributed by atoms with Gasteiger partial charge in [0.1, 0.15) is 19.0 Å². The first-order chi connectivity index (χ1) is 19.2. The lowest BCUT2D eigenvalue weighted by Gasteiger charge is -2.09. The minimum absolute atomic E-state index is 0.124. The fourth-order valence-electron chi connectivity index (χ4n) is 4.29. The molecule has 1 aromatic rings. The van der Waals surface area contributed by atoms with Crippen LogP contribution in [0.5, 0.6) is 5.75 Å². The standard InChI is InChI=1S/C32H57NO6/c1-2-3-4-5-6-7-8-9-10-11-12-13-14-15-16-21-32(34)39-29-27-37-25-23-35-22-24-36-26-28-38-31-20-18-17-19-30(31)33/h17-20H,2-16,21-29,33H2,1H3. The molecule has 0 spiro atoms. The number of carbonyl (C=O) groups excluding carboxylic acids is 1. The number of benzene rings is 1. The Bertz CT molecular complexity index is 672. The lowest BCUT2D eigenvalue weighted by atomic mass is 10.0. The number of nitrogens with two attached hydrogens (primary N) is 1. The van der Waals surface area contributed by atoms with Crippen LogP contribution in [0, 0.1) is 0 Å². The summed E-state index contributed by atoms with van der Waals surface area (Å²) >= 11 is 0. The van der Waals surface area contributed by atoms with Gasteiger partial charge in [0, 0.05) is 6.42 Å². The van der Waals surface area contributed by atoms with Gasteiger partial charge in [0.15, 0.2) is 0 Å². The van der Waals surface area contributed by atoms with E-state index in [1.165, 1.54) is 83.5 Å². The number of anilines is 1. The van der Waals surface area contributed by atoms with E-state index in [1.807, 2.05) is 18.2 Å². The summed E-state index contributed by atoms with van der Waals surface area (Å²) in [6, 6.07) is 7.39. The molecule has 0 bridgehead atoms. The smallest absolute Gasteiger partial charge is 0.305 e. The second-order valence-electron chi connectivity index (χ2n) is 10.1. The van der Waals surface area contributed by atoms with Crippen LogP contribution >= 0.6 is 0 Å². The Balaban J connectivity index is 1.71. The van der Waals surface area contributed by atoms with E-state index in [-0.39, 0.29) is 5.97 Å². The summed E-state index contributed by atoms with van der Waals surface area (Å²) in [7, 11) is 0. The van der Waals surface area contributed by atoms with E-state index in [4.69, 9.17) is 29.4 Å². The second kappa shape index (κ2) is 27.7. The Hall–Kier alpha value is -1.83. The summed E-state index contributed by atoms with van der Waals surface area (Å²) in [6.45, 7) is 5.80. The molecule has 0 radical (unpaired) electrons. The monoisotopic (exact) mass is 551 g/mol. The van der Waals surface area contributed by atoms with Crippen molar-refractivity contribution in [3.05, 3.63) is 24.3 Å². The third-order valence-electron chi connectivity index (χ3n) is 6.62. The molecule has 39 heavy (non-hydrogen) atoms. The summed E-state index contributed by atoms with van der Waals surface area (Å²) < 4.78 is 27.2. The Kier molecular flexibility index (Phi) is 25.0. The molecule has 0 saturated carbocycles. The molecule has 7 heteroatoms. The van der Waals surface area contributed by atoms with Crippen molar-refractivity contribution in [3.8, 4) is 5.75 Å². The average molecular weight is 552 g/mol. The Morgan fingerprint density at radius 2 is 1.03 bits per heavy atom. The minimum Gasteiger partial charge on any atom is -0.489 e. The maximum absolute atomic E-state index is 11.8. The molecule has 0 heterocycles. The highest BCUT2D eigenvalue weighted by atomic mass is 16.6. The first-order valence-corrected chi connectivity index (χ1v) is 15.6. The fraction of sp³-hybridized carbons (Fsp3) is 0.781. The predicted octanol–water partition coefficient (Wildman–Crippen LogP) is 7.50. The molecule has 0 aliphatic rings. The zero-order valence-electron chi connectivity index (χ0n) is 24.8. The van der Waals surface area contributed by atoms with Gasteiger partial charge in [-0.1, -0.05) is 109 Å². The molecular weight excluding hydrogens is 494 g/mol. The van der Waals surface area contributed by atoms with Gasteiger partial charge in [0.2, 0.25) is 0 Å². The van der Waals surface area contributed by atoms with Gasteiger partial charge in [-0.2, -0.15) is 0 Å². The summed E-state index contributed by atoms with van der Waals surface area (Å²) in [5.74, 6) is 0.547. The number of rotatable bonds is 29. The zero-order valence-corrected chi connectivity index (χ0v) is 24.8. The van der Waals surface area contributed by atoms with Crippen molar-refractivity contribution < 1.29 is 28.5 Å². The van der Waals surface area contributed by atoms with Crippen molar-refractivity contribution >= 4 is 11.7 Å². The Labute approximate surface area is 238 Å². The highest BCUT2D eigenvalue weighted by molar-refractivity contribution is 5.69. The van der Waals surface area contributed by atoms with Crippen molar-refractivity contribution in [1.82, 2.24) is 0 Å². The molecule has 0 atom stereocenters. The van der Waals surface area contributed by atoms with E-state index >= 15 is 0 Å². The molecule has 7 nitrogen and oxygen atoms in total. The molecule has 1 aromatic carbocycles. The topological polar surface area (TPSA) is 89.2 Å². The van der Waals surface area contributed by atoms with Gasteiger partial charge in [0.05, 0.1) is 45.3 Å². The summed E-state index contributed by atoms with van der Waals surface area (Å²) in [4.78, 5) is 11.8. The second-order valence-corrected chi connectivity index (χ2v) is 10.1. The van der Waals surface area contributed by atoms with E-state index in [0.29, 0.717) is 70.7 Å². The summed E-state index contributed by atoms with van der Waals surface area (Å²) in [5, 5.41) is 0. The highest BCUT2D eigenvalue weighted by Gasteiger charge is 2.03. The minimum atomic E-state index is -0.124. The maximum atomic E-state index is 11.8. The number of ether oxygens (including phenoxy) is 5. The molecule has 0 aliphatic carbocycles. The highest BCUT2D eigenvalue weighted by Crippen LogP contribution is 2.19. The van der Waals surface area contributed by atoms with Crippen molar-refractivity contribution in [2.45, 2.75) is 110 Å². The molecule has 0 amide bonds. The van der Waals surface area contributed by atoms with Gasteiger partial charge in [-0.15, -0.1) is 0 Å². The van der Waals surface area contributed by atoms with E-state index in [0.717, 1.165) is 12.8 Å². The van der Waals surface area contributed by atoms with Crippen LogP contribution in [0.25, 0.3) is 0 Å².